The van der Waals surface area contributed by atoms with Gasteiger partial charge in [-0.25, -0.2) is 0 Å². The molecule has 0 aliphatic heterocycles. The highest BCUT2D eigenvalue weighted by molar-refractivity contribution is 5.26. The summed E-state index contributed by atoms with van der Waals surface area (Å²) in [7, 11) is 0. The molecule has 1 aromatic carbocycles. The summed E-state index contributed by atoms with van der Waals surface area (Å²) in [6.45, 7) is 2.56. The van der Waals surface area contributed by atoms with Crippen LogP contribution in [0.4, 0.5) is 0 Å². The lowest BCUT2D eigenvalue weighted by molar-refractivity contribution is 0.00134. The summed E-state index contributed by atoms with van der Waals surface area (Å²) in [5.41, 5.74) is 1.17. The predicted molar refractivity (Wildman–Crippen MR) is 60.6 cm³/mol. The van der Waals surface area contributed by atoms with Crippen LogP contribution in [0.25, 0.3) is 0 Å². The van der Waals surface area contributed by atoms with Crippen LogP contribution in [0.3, 0.4) is 0 Å². The van der Waals surface area contributed by atoms with Crippen molar-refractivity contribution in [3.05, 3.63) is 29.8 Å². The maximum atomic E-state index is 9.46. The first-order valence-corrected chi connectivity index (χ1v) is 5.28. The largest absolute Gasteiger partial charge is 0.491 e. The molecule has 0 saturated carbocycles. The van der Waals surface area contributed by atoms with E-state index in [2.05, 4.69) is 0 Å². The van der Waals surface area contributed by atoms with E-state index in [1.165, 1.54) is 5.56 Å². The van der Waals surface area contributed by atoms with Crippen molar-refractivity contribution in [2.24, 2.45) is 0 Å². The minimum absolute atomic E-state index is 0.0362. The molecule has 0 amide bonds. The van der Waals surface area contributed by atoms with Gasteiger partial charge in [-0.3, -0.25) is 0 Å². The van der Waals surface area contributed by atoms with Crippen LogP contribution in [0.1, 0.15) is 5.56 Å². The van der Waals surface area contributed by atoms with Gasteiger partial charge in [-0.05, 0) is 19.1 Å². The Morgan fingerprint density at radius 2 is 1.88 bits per heavy atom. The molecule has 0 aliphatic carbocycles. The lowest BCUT2D eigenvalue weighted by Gasteiger charge is -2.12. The Hall–Kier alpha value is -1.10. The molecule has 1 atom stereocenters. The molecular weight excluding hydrogens is 208 g/mol. The average molecular weight is 226 g/mol. The molecule has 0 saturated heterocycles. The summed E-state index contributed by atoms with van der Waals surface area (Å²) >= 11 is 0. The number of rotatable bonds is 7. The van der Waals surface area contributed by atoms with Crippen molar-refractivity contribution in [3.8, 4) is 5.75 Å². The Balaban J connectivity index is 2.20. The molecule has 16 heavy (non-hydrogen) atoms. The maximum Gasteiger partial charge on any atom is 0.119 e. The van der Waals surface area contributed by atoms with Crippen molar-refractivity contribution in [1.29, 1.82) is 0 Å². The van der Waals surface area contributed by atoms with Gasteiger partial charge in [0.25, 0.3) is 0 Å². The molecule has 0 heterocycles. The summed E-state index contributed by atoms with van der Waals surface area (Å²) in [6.07, 6.45) is -0.673. The zero-order chi connectivity index (χ0) is 11.8. The van der Waals surface area contributed by atoms with Gasteiger partial charge in [0.2, 0.25) is 0 Å². The van der Waals surface area contributed by atoms with Crippen LogP contribution in [-0.2, 0) is 4.74 Å². The van der Waals surface area contributed by atoms with Gasteiger partial charge >= 0.3 is 0 Å². The predicted octanol–water partition coefficient (Wildman–Crippen LogP) is 0.744. The van der Waals surface area contributed by atoms with E-state index >= 15 is 0 Å². The number of benzene rings is 1. The topological polar surface area (TPSA) is 58.9 Å². The van der Waals surface area contributed by atoms with Crippen LogP contribution >= 0.6 is 0 Å². The molecule has 0 fully saturated rings. The second-order valence-corrected chi connectivity index (χ2v) is 3.58. The third kappa shape index (κ3) is 5.11. The first kappa shape index (κ1) is 13.0. The molecule has 2 N–H and O–H groups in total. The Morgan fingerprint density at radius 1 is 1.19 bits per heavy atom. The number of aliphatic hydroxyl groups excluding tert-OH is 2. The fraction of sp³-hybridized carbons (Fsp3) is 0.500. The zero-order valence-corrected chi connectivity index (χ0v) is 9.43. The van der Waals surface area contributed by atoms with Gasteiger partial charge in [-0.1, -0.05) is 17.7 Å². The van der Waals surface area contributed by atoms with Crippen molar-refractivity contribution >= 4 is 0 Å². The van der Waals surface area contributed by atoms with Crippen LogP contribution in [0, 0.1) is 6.92 Å². The molecule has 0 aliphatic rings. The molecule has 0 bridgehead atoms. The van der Waals surface area contributed by atoms with Gasteiger partial charge in [0.1, 0.15) is 18.5 Å². The smallest absolute Gasteiger partial charge is 0.119 e. The number of hydrogen-bond acceptors (Lipinski definition) is 4. The molecule has 1 unspecified atom stereocenters. The van der Waals surface area contributed by atoms with Crippen LogP contribution in [0.2, 0.25) is 0 Å². The molecule has 90 valence electrons. The molecule has 1 rings (SSSR count). The number of aryl methyl sites for hydroxylation is 1. The monoisotopic (exact) mass is 226 g/mol. The quantitative estimate of drug-likeness (QED) is 0.673. The van der Waals surface area contributed by atoms with Gasteiger partial charge in [-0.2, -0.15) is 0 Å². The first-order valence-electron chi connectivity index (χ1n) is 5.28. The molecule has 0 radical (unpaired) electrons. The van der Waals surface area contributed by atoms with Crippen molar-refractivity contribution in [3.63, 3.8) is 0 Å². The van der Waals surface area contributed by atoms with Crippen molar-refractivity contribution in [2.75, 3.05) is 26.4 Å². The Kier molecular flexibility index (Phi) is 5.85. The van der Waals surface area contributed by atoms with Crippen LogP contribution in [0.15, 0.2) is 24.3 Å². The third-order valence-electron chi connectivity index (χ3n) is 2.01. The number of aliphatic hydroxyl groups is 2. The van der Waals surface area contributed by atoms with Crippen molar-refractivity contribution in [2.45, 2.75) is 13.0 Å². The normalized spacial score (nSPS) is 12.4. The minimum Gasteiger partial charge on any atom is -0.491 e. The Bertz CT molecular complexity index is 284. The van der Waals surface area contributed by atoms with Gasteiger partial charge in [0, 0.05) is 0 Å². The molecule has 0 spiro atoms. The summed E-state index contributed by atoms with van der Waals surface area (Å²) < 4.78 is 10.3. The summed E-state index contributed by atoms with van der Waals surface area (Å²) in [5.74, 6) is 0.729. The van der Waals surface area contributed by atoms with Crippen LogP contribution in [-0.4, -0.2) is 42.7 Å². The van der Waals surface area contributed by atoms with Crippen molar-refractivity contribution in [1.82, 2.24) is 0 Å². The molecule has 4 heteroatoms. The van der Waals surface area contributed by atoms with E-state index in [0.717, 1.165) is 5.75 Å². The third-order valence-corrected chi connectivity index (χ3v) is 2.01. The van der Waals surface area contributed by atoms with Gasteiger partial charge in [0.05, 0.1) is 19.8 Å². The lowest BCUT2D eigenvalue weighted by atomic mass is 10.2. The van der Waals surface area contributed by atoms with E-state index < -0.39 is 6.10 Å². The Labute approximate surface area is 95.4 Å². The number of hydrogen-bond donors (Lipinski definition) is 2. The highest BCUT2D eigenvalue weighted by atomic mass is 16.5. The van der Waals surface area contributed by atoms with Gasteiger partial charge < -0.3 is 19.7 Å². The van der Waals surface area contributed by atoms with E-state index in [9.17, 15) is 5.11 Å². The van der Waals surface area contributed by atoms with Crippen LogP contribution in [0.5, 0.6) is 5.75 Å². The van der Waals surface area contributed by atoms with Crippen LogP contribution < -0.4 is 4.74 Å². The maximum absolute atomic E-state index is 9.46. The van der Waals surface area contributed by atoms with Crippen molar-refractivity contribution < 1.29 is 19.7 Å². The fourth-order valence-electron chi connectivity index (χ4n) is 1.16. The second-order valence-electron chi connectivity index (χ2n) is 3.58. The standard InChI is InChI=1S/C12H18O4/c1-10-2-4-12(5-3-10)16-9-11(14)8-15-7-6-13/h2-5,11,13-14H,6-9H2,1H3. The van der Waals surface area contributed by atoms with Gasteiger partial charge in [-0.15, -0.1) is 0 Å². The zero-order valence-electron chi connectivity index (χ0n) is 9.43. The average Bonchev–Trinajstić information content (AvgIpc) is 2.29. The first-order chi connectivity index (χ1) is 7.72. The van der Waals surface area contributed by atoms with E-state index in [-0.39, 0.29) is 26.4 Å². The highest BCUT2D eigenvalue weighted by Gasteiger charge is 2.05. The minimum atomic E-state index is -0.673. The van der Waals surface area contributed by atoms with Gasteiger partial charge in [0.15, 0.2) is 0 Å². The van der Waals surface area contributed by atoms with E-state index in [1.54, 1.807) is 0 Å². The molecule has 0 aromatic heterocycles. The SMILES string of the molecule is Cc1ccc(OCC(O)COCCO)cc1. The fourth-order valence-corrected chi connectivity index (χ4v) is 1.16. The molecular formula is C12H18O4. The van der Waals surface area contributed by atoms with E-state index in [4.69, 9.17) is 14.6 Å². The number of ether oxygens (including phenoxy) is 2. The second kappa shape index (κ2) is 7.22. The lowest BCUT2D eigenvalue weighted by Crippen LogP contribution is -2.24. The molecule has 1 aromatic rings. The molecule has 4 nitrogen and oxygen atoms in total. The highest BCUT2D eigenvalue weighted by Crippen LogP contribution is 2.11. The summed E-state index contributed by atoms with van der Waals surface area (Å²) in [6, 6.07) is 7.61. The van der Waals surface area contributed by atoms with E-state index in [1.807, 2.05) is 31.2 Å². The summed E-state index contributed by atoms with van der Waals surface area (Å²) in [4.78, 5) is 0. The Morgan fingerprint density at radius 3 is 2.50 bits per heavy atom. The van der Waals surface area contributed by atoms with E-state index in [0.29, 0.717) is 0 Å². The summed E-state index contributed by atoms with van der Waals surface area (Å²) in [5, 5.41) is 17.9.